The Morgan fingerprint density at radius 1 is 0.964 bits per heavy atom. The predicted octanol–water partition coefficient (Wildman–Crippen LogP) is 2.05. The van der Waals surface area contributed by atoms with Crippen LogP contribution in [0.25, 0.3) is 0 Å². The van der Waals surface area contributed by atoms with E-state index >= 15 is 0 Å². The molecule has 0 saturated carbocycles. The van der Waals surface area contributed by atoms with E-state index in [0.717, 1.165) is 24.2 Å². The maximum atomic E-state index is 10.3. The maximum Gasteiger partial charge on any atom is 0.136 e. The smallest absolute Gasteiger partial charge is 0.136 e. The Labute approximate surface area is 169 Å². The third-order valence-electron chi connectivity index (χ3n) is 5.73. The van der Waals surface area contributed by atoms with Crippen molar-refractivity contribution in [3.8, 4) is 0 Å². The van der Waals surface area contributed by atoms with Gasteiger partial charge in [0.25, 0.3) is 0 Å². The minimum Gasteiger partial charge on any atom is -0.394 e. The first-order valence-electron chi connectivity index (χ1n) is 9.73. The van der Waals surface area contributed by atoms with Gasteiger partial charge in [0.2, 0.25) is 0 Å². The van der Waals surface area contributed by atoms with Gasteiger partial charge < -0.3 is 25.2 Å². The summed E-state index contributed by atoms with van der Waals surface area (Å²) in [6, 6.07) is 16.8. The number of hydrogen-bond acceptors (Lipinski definition) is 6. The van der Waals surface area contributed by atoms with Crippen molar-refractivity contribution in [2.75, 3.05) is 6.61 Å². The first-order chi connectivity index (χ1) is 13.6. The minimum absolute atomic E-state index is 0.348. The Bertz CT molecular complexity index is 811. The van der Waals surface area contributed by atoms with Crippen molar-refractivity contribution in [1.29, 1.82) is 0 Å². The summed E-state index contributed by atoms with van der Waals surface area (Å²) < 4.78 is 5.63. The van der Waals surface area contributed by atoms with Crippen LogP contribution in [0.4, 0.5) is 0 Å². The van der Waals surface area contributed by atoms with Crippen LogP contribution in [0.5, 0.6) is 0 Å². The highest BCUT2D eigenvalue weighted by Crippen LogP contribution is 2.39. The molecule has 0 bridgehead atoms. The van der Waals surface area contributed by atoms with Crippen LogP contribution in [-0.4, -0.2) is 56.9 Å². The van der Waals surface area contributed by atoms with Crippen molar-refractivity contribution in [3.05, 3.63) is 65.2 Å². The van der Waals surface area contributed by atoms with Gasteiger partial charge in [0.1, 0.15) is 29.9 Å². The quantitative estimate of drug-likeness (QED) is 0.626. The van der Waals surface area contributed by atoms with E-state index in [4.69, 9.17) is 4.74 Å². The first kappa shape index (κ1) is 19.9. The maximum absolute atomic E-state index is 10.3. The summed E-state index contributed by atoms with van der Waals surface area (Å²) in [5.41, 5.74) is 3.25. The molecule has 1 aliphatic heterocycles. The average molecular weight is 403 g/mol. The zero-order valence-corrected chi connectivity index (χ0v) is 16.3. The van der Waals surface area contributed by atoms with E-state index in [0.29, 0.717) is 5.92 Å². The molecule has 4 rings (SSSR count). The van der Waals surface area contributed by atoms with Crippen LogP contribution in [-0.2, 0) is 11.2 Å². The standard InChI is InChI=1S/C22H26O5S/c23-12-18-19(24)20(25)21(26)22(27-18)28-15-8-3-7-14(11-15)17-10-4-6-13-5-1-2-9-16(13)17/h1-3,5,7-9,11,17-26H,4,6,10,12H2/t17?,18-,19-,20+,21-,22+/m1/s1. The van der Waals surface area contributed by atoms with E-state index in [1.165, 1.54) is 28.5 Å². The molecule has 4 N–H and O–H groups in total. The topological polar surface area (TPSA) is 90.2 Å². The molecule has 1 saturated heterocycles. The fourth-order valence-corrected chi connectivity index (χ4v) is 5.33. The number of ether oxygens (including phenoxy) is 1. The Morgan fingerprint density at radius 2 is 1.79 bits per heavy atom. The molecule has 5 nitrogen and oxygen atoms in total. The largest absolute Gasteiger partial charge is 0.394 e. The van der Waals surface area contributed by atoms with Crippen molar-refractivity contribution in [1.82, 2.24) is 0 Å². The van der Waals surface area contributed by atoms with Gasteiger partial charge in [0.15, 0.2) is 0 Å². The minimum atomic E-state index is -1.35. The second kappa shape index (κ2) is 8.53. The second-order valence-corrected chi connectivity index (χ2v) is 8.70. The van der Waals surface area contributed by atoms with Crippen LogP contribution in [0.1, 0.15) is 35.4 Å². The van der Waals surface area contributed by atoms with E-state index < -0.39 is 36.5 Å². The second-order valence-electron chi connectivity index (χ2n) is 7.53. The van der Waals surface area contributed by atoms with Gasteiger partial charge in [-0.25, -0.2) is 0 Å². The zero-order chi connectivity index (χ0) is 19.7. The molecule has 6 heteroatoms. The molecule has 2 aromatic carbocycles. The highest BCUT2D eigenvalue weighted by Gasteiger charge is 2.43. The molecule has 0 radical (unpaired) electrons. The number of hydrogen-bond donors (Lipinski definition) is 4. The number of aliphatic hydroxyl groups excluding tert-OH is 4. The molecule has 1 aliphatic carbocycles. The molecule has 6 atom stereocenters. The van der Waals surface area contributed by atoms with Crippen molar-refractivity contribution in [3.63, 3.8) is 0 Å². The van der Waals surface area contributed by atoms with Crippen LogP contribution in [0, 0.1) is 0 Å². The summed E-state index contributed by atoms with van der Waals surface area (Å²) >= 11 is 1.30. The molecule has 2 aliphatic rings. The van der Waals surface area contributed by atoms with Gasteiger partial charge in [0, 0.05) is 10.8 Å². The molecule has 2 aromatic rings. The highest BCUT2D eigenvalue weighted by atomic mass is 32.2. The zero-order valence-electron chi connectivity index (χ0n) is 15.5. The molecule has 0 spiro atoms. The lowest BCUT2D eigenvalue weighted by Gasteiger charge is -2.39. The lowest BCUT2D eigenvalue weighted by atomic mass is 9.79. The van der Waals surface area contributed by atoms with Gasteiger partial charge in [-0.3, -0.25) is 0 Å². The Hall–Kier alpha value is -1.41. The molecular formula is C22H26O5S. The third-order valence-corrected chi connectivity index (χ3v) is 6.88. The number of aryl methyl sites for hydroxylation is 1. The van der Waals surface area contributed by atoms with Gasteiger partial charge in [-0.15, -0.1) is 0 Å². The summed E-state index contributed by atoms with van der Waals surface area (Å²) in [6.07, 6.45) is -1.42. The normalized spacial score (nSPS) is 32.7. The Kier molecular flexibility index (Phi) is 6.06. The van der Waals surface area contributed by atoms with Crippen molar-refractivity contribution >= 4 is 11.8 Å². The molecule has 1 heterocycles. The van der Waals surface area contributed by atoms with Crippen LogP contribution in [0.2, 0.25) is 0 Å². The van der Waals surface area contributed by atoms with Crippen LogP contribution >= 0.6 is 11.8 Å². The molecule has 150 valence electrons. The van der Waals surface area contributed by atoms with Crippen LogP contribution < -0.4 is 0 Å². The highest BCUT2D eigenvalue weighted by molar-refractivity contribution is 7.99. The monoisotopic (exact) mass is 402 g/mol. The number of aliphatic hydroxyl groups is 4. The van der Waals surface area contributed by atoms with E-state index in [1.54, 1.807) is 0 Å². The third kappa shape index (κ3) is 3.85. The Morgan fingerprint density at radius 3 is 2.61 bits per heavy atom. The van der Waals surface area contributed by atoms with E-state index in [9.17, 15) is 20.4 Å². The van der Waals surface area contributed by atoms with Gasteiger partial charge >= 0.3 is 0 Å². The summed E-state index contributed by atoms with van der Waals surface area (Å²) in [7, 11) is 0. The molecular weight excluding hydrogens is 376 g/mol. The van der Waals surface area contributed by atoms with Gasteiger partial charge in [-0.2, -0.15) is 0 Å². The molecule has 0 amide bonds. The van der Waals surface area contributed by atoms with E-state index in [2.05, 4.69) is 36.4 Å². The Balaban J connectivity index is 1.55. The lowest BCUT2D eigenvalue weighted by molar-refractivity contribution is -0.205. The summed E-state index contributed by atoms with van der Waals surface area (Å²) in [6.45, 7) is -0.416. The molecule has 0 aromatic heterocycles. The van der Waals surface area contributed by atoms with Crippen LogP contribution in [0.3, 0.4) is 0 Å². The summed E-state index contributed by atoms with van der Waals surface area (Å²) in [5.74, 6) is 0.348. The lowest BCUT2D eigenvalue weighted by Crippen LogP contribution is -2.57. The first-order valence-corrected chi connectivity index (χ1v) is 10.6. The number of rotatable bonds is 4. The molecule has 28 heavy (non-hydrogen) atoms. The number of fused-ring (bicyclic) bond motifs is 1. The average Bonchev–Trinajstić information content (AvgIpc) is 2.74. The number of thioether (sulfide) groups is 1. The molecule has 1 fully saturated rings. The van der Waals surface area contributed by atoms with E-state index in [-0.39, 0.29) is 0 Å². The van der Waals surface area contributed by atoms with E-state index in [1.807, 2.05) is 12.1 Å². The van der Waals surface area contributed by atoms with Gasteiger partial charge in [-0.1, -0.05) is 48.2 Å². The van der Waals surface area contributed by atoms with Gasteiger partial charge in [0.05, 0.1) is 6.61 Å². The predicted molar refractivity (Wildman–Crippen MR) is 107 cm³/mol. The molecule has 1 unspecified atom stereocenters. The number of benzene rings is 2. The van der Waals surface area contributed by atoms with Crippen molar-refractivity contribution in [2.45, 2.75) is 59.9 Å². The SMILES string of the molecule is OC[C@H]1O[C@@H](Sc2cccc(C3CCCc4ccccc43)c2)[C@H](O)[C@@H](O)[C@@H]1O. The van der Waals surface area contributed by atoms with Gasteiger partial charge in [-0.05, 0) is 48.1 Å². The fraction of sp³-hybridized carbons (Fsp3) is 0.455. The summed E-state index contributed by atoms with van der Waals surface area (Å²) in [4.78, 5) is 0.921. The van der Waals surface area contributed by atoms with Crippen molar-refractivity contribution < 1.29 is 25.2 Å². The summed E-state index contributed by atoms with van der Waals surface area (Å²) in [5, 5.41) is 39.6. The fourth-order valence-electron chi connectivity index (χ4n) is 4.20. The van der Waals surface area contributed by atoms with Crippen LogP contribution in [0.15, 0.2) is 53.4 Å². The van der Waals surface area contributed by atoms with Crippen molar-refractivity contribution in [2.24, 2.45) is 0 Å².